The number of rotatable bonds is 1. The number of pyridine rings is 1. The molecule has 1 fully saturated rings. The van der Waals surface area contributed by atoms with Crippen LogP contribution in [0.2, 0.25) is 0 Å². The van der Waals surface area contributed by atoms with E-state index in [1.54, 1.807) is 0 Å². The molecule has 0 bridgehead atoms. The number of likely N-dealkylation sites (tertiary alicyclic amines) is 1. The van der Waals surface area contributed by atoms with Crippen LogP contribution in [0.5, 0.6) is 5.75 Å². The number of hydrogen-bond acceptors (Lipinski definition) is 3. The fourth-order valence-electron chi connectivity index (χ4n) is 2.11. The van der Waals surface area contributed by atoms with Gasteiger partial charge in [0.15, 0.2) is 0 Å². The van der Waals surface area contributed by atoms with Crippen molar-refractivity contribution in [1.82, 2.24) is 9.88 Å². The zero-order chi connectivity index (χ0) is 11.5. The molecule has 1 atom stereocenters. The zero-order valence-corrected chi connectivity index (χ0v) is 9.39. The Morgan fingerprint density at radius 2 is 2.31 bits per heavy atom. The summed E-state index contributed by atoms with van der Waals surface area (Å²) in [6.45, 7) is 2.86. The van der Waals surface area contributed by atoms with E-state index in [0.29, 0.717) is 5.56 Å². The predicted molar refractivity (Wildman–Crippen MR) is 60.3 cm³/mol. The normalized spacial score (nSPS) is 20.8. The van der Waals surface area contributed by atoms with Gasteiger partial charge in [-0.2, -0.15) is 0 Å². The van der Waals surface area contributed by atoms with Crippen LogP contribution in [0.1, 0.15) is 36.5 Å². The molecule has 4 heteroatoms. The minimum absolute atomic E-state index is 0.0319. The van der Waals surface area contributed by atoms with Gasteiger partial charge in [0.25, 0.3) is 5.91 Å². The zero-order valence-electron chi connectivity index (χ0n) is 9.39. The number of amides is 1. The Morgan fingerprint density at radius 3 is 3.00 bits per heavy atom. The van der Waals surface area contributed by atoms with Crippen LogP contribution in [0, 0.1) is 0 Å². The molecule has 1 aromatic heterocycles. The van der Waals surface area contributed by atoms with Crippen molar-refractivity contribution in [2.24, 2.45) is 0 Å². The average molecular weight is 220 g/mol. The van der Waals surface area contributed by atoms with Crippen LogP contribution in [0.15, 0.2) is 18.5 Å². The number of aromatic hydroxyl groups is 1. The smallest absolute Gasteiger partial charge is 0.255 e. The predicted octanol–water partition coefficient (Wildman–Crippen LogP) is 1.80. The number of nitrogens with zero attached hydrogens (tertiary/aromatic N) is 2. The molecule has 0 aliphatic carbocycles. The summed E-state index contributed by atoms with van der Waals surface area (Å²) in [5.41, 5.74) is 0.466. The molecule has 1 N–H and O–H groups in total. The van der Waals surface area contributed by atoms with Crippen molar-refractivity contribution < 1.29 is 9.90 Å². The van der Waals surface area contributed by atoms with Crippen LogP contribution >= 0.6 is 0 Å². The van der Waals surface area contributed by atoms with Gasteiger partial charge in [-0.05, 0) is 32.3 Å². The van der Waals surface area contributed by atoms with E-state index in [-0.39, 0.29) is 17.7 Å². The molecular formula is C12H16N2O2. The maximum Gasteiger partial charge on any atom is 0.255 e. The van der Waals surface area contributed by atoms with Gasteiger partial charge in [-0.15, -0.1) is 0 Å². The Balaban J connectivity index is 2.17. The lowest BCUT2D eigenvalue weighted by Gasteiger charge is -2.33. The van der Waals surface area contributed by atoms with E-state index in [9.17, 15) is 9.90 Å². The summed E-state index contributed by atoms with van der Waals surface area (Å²) in [5, 5.41) is 9.29. The van der Waals surface area contributed by atoms with Crippen LogP contribution in [-0.4, -0.2) is 33.5 Å². The molecule has 2 rings (SSSR count). The van der Waals surface area contributed by atoms with Crippen molar-refractivity contribution in [1.29, 1.82) is 0 Å². The van der Waals surface area contributed by atoms with E-state index >= 15 is 0 Å². The minimum atomic E-state index is -0.0319. The first kappa shape index (κ1) is 10.9. The first-order chi connectivity index (χ1) is 7.68. The highest BCUT2D eigenvalue weighted by Crippen LogP contribution is 2.20. The maximum absolute atomic E-state index is 12.1. The Labute approximate surface area is 94.9 Å². The summed E-state index contributed by atoms with van der Waals surface area (Å²) >= 11 is 0. The van der Waals surface area contributed by atoms with Gasteiger partial charge in [0, 0.05) is 18.8 Å². The van der Waals surface area contributed by atoms with Crippen molar-refractivity contribution in [3.63, 3.8) is 0 Å². The standard InChI is InChI=1S/C12H16N2O2/c1-9-4-2-3-5-14(9)12(16)10-6-11(15)8-13-7-10/h6-9,15H,2-5H2,1H3. The molecule has 0 radical (unpaired) electrons. The molecule has 1 unspecified atom stereocenters. The van der Waals surface area contributed by atoms with Gasteiger partial charge in [0.05, 0.1) is 11.8 Å². The molecule has 1 aliphatic heterocycles. The largest absolute Gasteiger partial charge is 0.506 e. The molecule has 0 saturated carbocycles. The molecule has 1 amide bonds. The first-order valence-corrected chi connectivity index (χ1v) is 5.63. The third-order valence-electron chi connectivity index (χ3n) is 3.03. The second-order valence-electron chi connectivity index (χ2n) is 4.28. The van der Waals surface area contributed by atoms with Gasteiger partial charge in [-0.1, -0.05) is 0 Å². The van der Waals surface area contributed by atoms with Gasteiger partial charge in [-0.25, -0.2) is 0 Å². The summed E-state index contributed by atoms with van der Waals surface area (Å²) in [5.74, 6) is 0.00566. The molecule has 4 nitrogen and oxygen atoms in total. The Kier molecular flexibility index (Phi) is 3.08. The molecular weight excluding hydrogens is 204 g/mol. The maximum atomic E-state index is 12.1. The second-order valence-corrected chi connectivity index (χ2v) is 4.28. The van der Waals surface area contributed by atoms with Gasteiger partial charge in [-0.3, -0.25) is 9.78 Å². The molecule has 0 aromatic carbocycles. The number of hydrogen-bond donors (Lipinski definition) is 1. The molecule has 1 aliphatic rings. The molecule has 0 spiro atoms. The fraction of sp³-hybridized carbons (Fsp3) is 0.500. The van der Waals surface area contributed by atoms with Gasteiger partial charge < -0.3 is 10.0 Å². The molecule has 1 saturated heterocycles. The van der Waals surface area contributed by atoms with Crippen molar-refractivity contribution in [2.45, 2.75) is 32.2 Å². The number of carbonyl (C=O) groups excluding carboxylic acids is 1. The van der Waals surface area contributed by atoms with E-state index in [4.69, 9.17) is 0 Å². The number of carbonyl (C=O) groups is 1. The number of aromatic nitrogens is 1. The van der Waals surface area contributed by atoms with Gasteiger partial charge in [0.1, 0.15) is 5.75 Å². The Morgan fingerprint density at radius 1 is 1.50 bits per heavy atom. The minimum Gasteiger partial charge on any atom is -0.506 e. The molecule has 86 valence electrons. The van der Waals surface area contributed by atoms with Crippen LogP contribution in [-0.2, 0) is 0 Å². The van der Waals surface area contributed by atoms with Crippen LogP contribution < -0.4 is 0 Å². The van der Waals surface area contributed by atoms with E-state index in [1.165, 1.54) is 24.9 Å². The summed E-state index contributed by atoms with van der Waals surface area (Å²) in [4.78, 5) is 17.8. The highest BCUT2D eigenvalue weighted by Gasteiger charge is 2.24. The Hall–Kier alpha value is -1.58. The second kappa shape index (κ2) is 4.51. The van der Waals surface area contributed by atoms with Gasteiger partial charge >= 0.3 is 0 Å². The van der Waals surface area contributed by atoms with E-state index < -0.39 is 0 Å². The monoisotopic (exact) mass is 220 g/mol. The SMILES string of the molecule is CC1CCCCN1C(=O)c1cncc(O)c1. The topological polar surface area (TPSA) is 53.4 Å². The third kappa shape index (κ3) is 2.15. The lowest BCUT2D eigenvalue weighted by Crippen LogP contribution is -2.42. The van der Waals surface area contributed by atoms with Crippen molar-refractivity contribution in [3.05, 3.63) is 24.0 Å². The molecule has 16 heavy (non-hydrogen) atoms. The highest BCUT2D eigenvalue weighted by molar-refractivity contribution is 5.94. The van der Waals surface area contributed by atoms with E-state index in [0.717, 1.165) is 19.4 Å². The summed E-state index contributed by atoms with van der Waals surface area (Å²) in [6.07, 6.45) is 6.13. The van der Waals surface area contributed by atoms with E-state index in [2.05, 4.69) is 11.9 Å². The van der Waals surface area contributed by atoms with Crippen molar-refractivity contribution in [2.75, 3.05) is 6.54 Å². The molecule has 2 heterocycles. The van der Waals surface area contributed by atoms with Crippen molar-refractivity contribution >= 4 is 5.91 Å². The lowest BCUT2D eigenvalue weighted by atomic mass is 10.0. The lowest BCUT2D eigenvalue weighted by molar-refractivity contribution is 0.0634. The van der Waals surface area contributed by atoms with Crippen LogP contribution in [0.25, 0.3) is 0 Å². The average Bonchev–Trinajstić information content (AvgIpc) is 2.29. The van der Waals surface area contributed by atoms with Crippen molar-refractivity contribution in [3.8, 4) is 5.75 Å². The number of piperidine rings is 1. The summed E-state index contributed by atoms with van der Waals surface area (Å²) in [6, 6.07) is 1.75. The van der Waals surface area contributed by atoms with Crippen LogP contribution in [0.4, 0.5) is 0 Å². The van der Waals surface area contributed by atoms with Gasteiger partial charge in [0.2, 0.25) is 0 Å². The highest BCUT2D eigenvalue weighted by atomic mass is 16.3. The summed E-state index contributed by atoms with van der Waals surface area (Å²) in [7, 11) is 0. The fourth-order valence-corrected chi connectivity index (χ4v) is 2.11. The first-order valence-electron chi connectivity index (χ1n) is 5.63. The third-order valence-corrected chi connectivity index (χ3v) is 3.03. The quantitative estimate of drug-likeness (QED) is 0.785. The summed E-state index contributed by atoms with van der Waals surface area (Å²) < 4.78 is 0. The molecule has 1 aromatic rings. The van der Waals surface area contributed by atoms with E-state index in [1.807, 2.05) is 4.90 Å². The van der Waals surface area contributed by atoms with Crippen LogP contribution in [0.3, 0.4) is 0 Å². The Bertz CT molecular complexity index is 392.